The third kappa shape index (κ3) is 3.89. The number of allylic oxidation sites excluding steroid dienone is 1. The fourth-order valence-electron chi connectivity index (χ4n) is 8.41. The Kier molecular flexibility index (Phi) is 5.89. The van der Waals surface area contributed by atoms with E-state index in [0.29, 0.717) is 12.8 Å². The van der Waals surface area contributed by atoms with E-state index in [1.807, 2.05) is 17.8 Å². The number of benzene rings is 1. The number of carbonyl (C=O) groups excluding carboxylic acids is 2. The van der Waals surface area contributed by atoms with Gasteiger partial charge < -0.3 is 5.11 Å². The first kappa shape index (κ1) is 26.5. The number of carbonyl (C=O) groups is 2. The Hall–Kier alpha value is -2.69. The second kappa shape index (κ2) is 8.65. The Morgan fingerprint density at radius 3 is 2.62 bits per heavy atom. The highest BCUT2D eigenvalue weighted by molar-refractivity contribution is 7.86. The van der Waals surface area contributed by atoms with Gasteiger partial charge in [-0.3, -0.25) is 13.8 Å². The molecule has 1 N–H and O–H groups in total. The summed E-state index contributed by atoms with van der Waals surface area (Å²) >= 11 is 0. The van der Waals surface area contributed by atoms with E-state index in [9.17, 15) is 27.5 Å². The van der Waals surface area contributed by atoms with Crippen molar-refractivity contribution in [2.45, 2.75) is 58.0 Å². The summed E-state index contributed by atoms with van der Waals surface area (Å²) < 4.78 is 43.0. The molecule has 6 rings (SSSR count). The zero-order chi connectivity index (χ0) is 28.0. The van der Waals surface area contributed by atoms with Crippen LogP contribution >= 0.6 is 0 Å². The smallest absolute Gasteiger partial charge is 0.264 e. The van der Waals surface area contributed by atoms with Gasteiger partial charge in [-0.1, -0.05) is 19.4 Å². The lowest BCUT2D eigenvalue weighted by Crippen LogP contribution is -2.61. The number of nitrogens with zero attached hydrogens (tertiary/aromatic N) is 2. The van der Waals surface area contributed by atoms with Gasteiger partial charge in [-0.2, -0.15) is 13.5 Å². The molecule has 39 heavy (non-hydrogen) atoms. The summed E-state index contributed by atoms with van der Waals surface area (Å²) in [6.45, 7) is 3.24. The number of hydrogen-bond acceptors (Lipinski definition) is 7. The van der Waals surface area contributed by atoms with E-state index < -0.39 is 38.9 Å². The molecule has 0 radical (unpaired) electrons. The number of hydrogen-bond donors (Lipinski definition) is 1. The van der Waals surface area contributed by atoms with Crippen molar-refractivity contribution in [3.63, 3.8) is 0 Å². The Morgan fingerprint density at radius 1 is 1.21 bits per heavy atom. The first-order chi connectivity index (χ1) is 18.3. The summed E-state index contributed by atoms with van der Waals surface area (Å²) in [7, 11) is -3.85. The molecule has 0 saturated heterocycles. The second-order valence-electron chi connectivity index (χ2n) is 12.3. The third-order valence-corrected chi connectivity index (χ3v) is 10.8. The van der Waals surface area contributed by atoms with Crippen molar-refractivity contribution in [2.75, 3.05) is 12.9 Å². The van der Waals surface area contributed by atoms with Crippen molar-refractivity contribution in [2.24, 2.45) is 28.6 Å². The van der Waals surface area contributed by atoms with E-state index in [4.69, 9.17) is 4.18 Å². The molecule has 10 heteroatoms. The molecule has 4 aliphatic rings. The van der Waals surface area contributed by atoms with Crippen molar-refractivity contribution in [3.05, 3.63) is 53.1 Å². The molecule has 6 atom stereocenters. The molecule has 0 bridgehead atoms. The molecule has 1 aromatic carbocycles. The number of halogens is 1. The summed E-state index contributed by atoms with van der Waals surface area (Å²) in [4.78, 5) is 27.1. The van der Waals surface area contributed by atoms with Crippen LogP contribution < -0.4 is 0 Å². The van der Waals surface area contributed by atoms with E-state index in [0.717, 1.165) is 36.0 Å². The molecule has 4 aliphatic carbocycles. The van der Waals surface area contributed by atoms with Gasteiger partial charge in [0.05, 0.1) is 23.8 Å². The zero-order valence-electron chi connectivity index (χ0n) is 22.3. The summed E-state index contributed by atoms with van der Waals surface area (Å²) in [5.41, 5.74) is 0.754. The van der Waals surface area contributed by atoms with Crippen LogP contribution in [0.4, 0.5) is 4.39 Å². The second-order valence-corrected chi connectivity index (χ2v) is 14.0. The van der Waals surface area contributed by atoms with Crippen LogP contribution in [0.1, 0.15) is 57.2 Å². The van der Waals surface area contributed by atoms with Crippen molar-refractivity contribution < 1.29 is 31.7 Å². The lowest BCUT2D eigenvalue weighted by Gasteiger charge is -2.57. The summed E-state index contributed by atoms with van der Waals surface area (Å²) in [6.07, 6.45) is 7.88. The maximum absolute atomic E-state index is 14.0. The minimum atomic E-state index is -3.85. The number of aromatic nitrogens is 2. The molecule has 208 valence electrons. The first-order valence-electron chi connectivity index (χ1n) is 13.4. The summed E-state index contributed by atoms with van der Waals surface area (Å²) in [5, 5.41) is 16.2. The van der Waals surface area contributed by atoms with Crippen LogP contribution in [0.15, 0.2) is 36.0 Å². The SMILES string of the molecule is C[C@]12Cc3cnn(-c4ccc(F)cc4)c3C=C1CCC1C2C(=O)C[C@@]2(C)C1CC[C@]2(O)C(=O)COS(C)(=O)=O. The summed E-state index contributed by atoms with van der Waals surface area (Å²) in [5.74, 6) is -1.24. The van der Waals surface area contributed by atoms with Crippen LogP contribution in [0.3, 0.4) is 0 Å². The number of fused-ring (bicyclic) bond motifs is 6. The monoisotopic (exact) mass is 556 g/mol. The molecule has 3 saturated carbocycles. The number of rotatable bonds is 5. The van der Waals surface area contributed by atoms with Gasteiger partial charge in [0, 0.05) is 23.2 Å². The van der Waals surface area contributed by atoms with Gasteiger partial charge in [-0.05, 0) is 79.8 Å². The van der Waals surface area contributed by atoms with Gasteiger partial charge in [-0.25, -0.2) is 9.07 Å². The van der Waals surface area contributed by atoms with Gasteiger partial charge in [0.25, 0.3) is 10.1 Å². The molecule has 2 aromatic rings. The largest absolute Gasteiger partial charge is 0.381 e. The predicted molar refractivity (Wildman–Crippen MR) is 141 cm³/mol. The third-order valence-electron chi connectivity index (χ3n) is 10.3. The zero-order valence-corrected chi connectivity index (χ0v) is 23.1. The highest BCUT2D eigenvalue weighted by Gasteiger charge is 2.68. The molecule has 3 unspecified atom stereocenters. The Morgan fingerprint density at radius 2 is 1.92 bits per heavy atom. The molecule has 1 heterocycles. The quantitative estimate of drug-likeness (QED) is 0.559. The normalized spacial score (nSPS) is 35.5. The van der Waals surface area contributed by atoms with Crippen LogP contribution in [-0.4, -0.2) is 53.3 Å². The van der Waals surface area contributed by atoms with Crippen molar-refractivity contribution in [1.82, 2.24) is 9.78 Å². The van der Waals surface area contributed by atoms with E-state index >= 15 is 0 Å². The van der Waals surface area contributed by atoms with Gasteiger partial charge in [0.2, 0.25) is 0 Å². The first-order valence-corrected chi connectivity index (χ1v) is 15.3. The topological polar surface area (TPSA) is 116 Å². The maximum atomic E-state index is 14.0. The Labute approximate surface area is 227 Å². The molecule has 0 amide bonds. The lowest BCUT2D eigenvalue weighted by molar-refractivity contribution is -0.169. The molecule has 0 aliphatic heterocycles. The van der Waals surface area contributed by atoms with Crippen molar-refractivity contribution >= 4 is 27.8 Å². The van der Waals surface area contributed by atoms with E-state index in [2.05, 4.69) is 18.1 Å². The fraction of sp³-hybridized carbons (Fsp3) is 0.552. The highest BCUT2D eigenvalue weighted by atomic mass is 32.2. The fourth-order valence-corrected chi connectivity index (χ4v) is 8.74. The molecule has 3 fully saturated rings. The predicted octanol–water partition coefficient (Wildman–Crippen LogP) is 3.65. The molecule has 1 aromatic heterocycles. The Balaban J connectivity index is 1.31. The standard InChI is InChI=1S/C29H33FN2O6S/c1-27-13-17-15-31-32(20-7-5-19(30)6-8-20)23(17)12-18(27)4-9-21-22-10-11-29(35,25(34)16-38-39(3,36)37)28(22,2)14-24(33)26(21)27/h5-8,12,15,21-22,26,35H,4,9-11,13-14,16H2,1-3H3/t21?,22?,26?,27-,28-,29-/m0/s1. The van der Waals surface area contributed by atoms with Crippen LogP contribution in [0.2, 0.25) is 0 Å². The van der Waals surface area contributed by atoms with Crippen molar-refractivity contribution in [1.29, 1.82) is 0 Å². The van der Waals surface area contributed by atoms with Crippen molar-refractivity contribution in [3.8, 4) is 5.69 Å². The highest BCUT2D eigenvalue weighted by Crippen LogP contribution is 2.66. The number of ketones is 2. The van der Waals surface area contributed by atoms with Crippen LogP contribution in [0.25, 0.3) is 11.8 Å². The number of aliphatic hydroxyl groups is 1. The van der Waals surface area contributed by atoms with Gasteiger partial charge >= 0.3 is 0 Å². The average Bonchev–Trinajstić information content (AvgIpc) is 3.38. The summed E-state index contributed by atoms with van der Waals surface area (Å²) in [6, 6.07) is 6.21. The molecular formula is C29H33FN2O6S. The van der Waals surface area contributed by atoms with Gasteiger partial charge in [0.1, 0.15) is 23.8 Å². The van der Waals surface area contributed by atoms with Crippen LogP contribution in [0.5, 0.6) is 0 Å². The van der Waals surface area contributed by atoms with E-state index in [-0.39, 0.29) is 42.2 Å². The average molecular weight is 557 g/mol. The van der Waals surface area contributed by atoms with E-state index in [1.54, 1.807) is 12.1 Å². The minimum absolute atomic E-state index is 0.00439. The Bertz CT molecular complexity index is 1510. The molecule has 8 nitrogen and oxygen atoms in total. The molecule has 0 spiro atoms. The van der Waals surface area contributed by atoms with Gasteiger partial charge in [0.15, 0.2) is 5.78 Å². The van der Waals surface area contributed by atoms with E-state index in [1.165, 1.54) is 17.7 Å². The maximum Gasteiger partial charge on any atom is 0.264 e. The lowest BCUT2D eigenvalue weighted by atomic mass is 9.46. The molecular weight excluding hydrogens is 523 g/mol. The van der Waals surface area contributed by atoms with Crippen LogP contribution in [-0.2, 0) is 30.3 Å². The minimum Gasteiger partial charge on any atom is -0.381 e. The van der Waals surface area contributed by atoms with Gasteiger partial charge in [-0.15, -0.1) is 0 Å². The van der Waals surface area contributed by atoms with Crippen LogP contribution in [0, 0.1) is 34.4 Å². The number of Topliss-reactive ketones (excluding diaryl/α,β-unsaturated/α-hetero) is 2.